The minimum Gasteiger partial charge on any atom is -0.378 e. The topological polar surface area (TPSA) is 54.5 Å². The summed E-state index contributed by atoms with van der Waals surface area (Å²) in [6, 6.07) is 11.5. The van der Waals surface area contributed by atoms with Gasteiger partial charge in [-0.25, -0.2) is 4.98 Å². The van der Waals surface area contributed by atoms with Gasteiger partial charge in [0.1, 0.15) is 5.82 Å². The zero-order valence-electron chi connectivity index (χ0n) is 12.7. The van der Waals surface area contributed by atoms with Crippen LogP contribution in [-0.4, -0.2) is 37.2 Å². The largest absolute Gasteiger partial charge is 0.378 e. The van der Waals surface area contributed by atoms with E-state index in [4.69, 9.17) is 4.74 Å². The van der Waals surface area contributed by atoms with E-state index in [1.807, 2.05) is 36.4 Å². The van der Waals surface area contributed by atoms with Crippen molar-refractivity contribution in [2.24, 2.45) is 0 Å². The molecule has 1 amide bonds. The fraction of sp³-hybridized carbons (Fsp3) is 0.294. The number of ether oxygens (including phenoxy) is 1. The van der Waals surface area contributed by atoms with Gasteiger partial charge in [0.25, 0.3) is 5.91 Å². The highest BCUT2D eigenvalue weighted by molar-refractivity contribution is 14.1. The molecule has 0 bridgehead atoms. The highest BCUT2D eigenvalue weighted by Gasteiger charge is 2.13. The molecule has 0 spiro atoms. The molecule has 1 aliphatic heterocycles. The van der Waals surface area contributed by atoms with Crippen molar-refractivity contribution in [1.29, 1.82) is 0 Å². The second kappa shape index (κ2) is 7.74. The second-order valence-corrected chi connectivity index (χ2v) is 6.56. The molecular formula is C17H18IN3O2. The first-order valence-corrected chi connectivity index (χ1v) is 8.61. The van der Waals surface area contributed by atoms with Gasteiger partial charge in [-0.1, -0.05) is 6.07 Å². The molecule has 1 fully saturated rings. The van der Waals surface area contributed by atoms with Crippen molar-refractivity contribution >= 4 is 34.3 Å². The molecule has 2 heterocycles. The van der Waals surface area contributed by atoms with E-state index < -0.39 is 0 Å². The van der Waals surface area contributed by atoms with E-state index in [0.29, 0.717) is 12.1 Å². The van der Waals surface area contributed by atoms with E-state index in [-0.39, 0.29) is 5.91 Å². The van der Waals surface area contributed by atoms with E-state index in [2.05, 4.69) is 37.8 Å². The molecule has 0 unspecified atom stereocenters. The van der Waals surface area contributed by atoms with E-state index in [9.17, 15) is 4.79 Å². The summed E-state index contributed by atoms with van der Waals surface area (Å²) < 4.78 is 6.41. The molecule has 0 radical (unpaired) electrons. The Morgan fingerprint density at radius 1 is 1.26 bits per heavy atom. The van der Waals surface area contributed by atoms with Crippen LogP contribution in [0.4, 0.5) is 5.82 Å². The van der Waals surface area contributed by atoms with E-state index in [0.717, 1.165) is 41.3 Å². The Morgan fingerprint density at radius 2 is 2.09 bits per heavy atom. The number of pyridine rings is 1. The predicted molar refractivity (Wildman–Crippen MR) is 97.6 cm³/mol. The first kappa shape index (κ1) is 16.2. The van der Waals surface area contributed by atoms with Gasteiger partial charge in [0.15, 0.2) is 0 Å². The van der Waals surface area contributed by atoms with Gasteiger partial charge in [0, 0.05) is 35.0 Å². The van der Waals surface area contributed by atoms with Crippen LogP contribution in [0.2, 0.25) is 0 Å². The number of morpholine rings is 1. The Hall–Kier alpha value is -1.67. The normalized spacial score (nSPS) is 14.6. The summed E-state index contributed by atoms with van der Waals surface area (Å²) in [6.07, 6.45) is 1.79. The lowest BCUT2D eigenvalue weighted by Gasteiger charge is -2.28. The van der Waals surface area contributed by atoms with Crippen LogP contribution in [0.5, 0.6) is 0 Å². The summed E-state index contributed by atoms with van der Waals surface area (Å²) in [5.41, 5.74) is 1.72. The Kier molecular flexibility index (Phi) is 5.45. The Labute approximate surface area is 149 Å². The predicted octanol–water partition coefficient (Wildman–Crippen LogP) is 2.45. The van der Waals surface area contributed by atoms with Crippen LogP contribution < -0.4 is 10.2 Å². The standard InChI is InChI=1S/C17H18IN3O2/c18-15-3-1-2-14(11-15)17(22)20-12-13-4-5-19-16(10-13)21-6-8-23-9-7-21/h1-5,10-11H,6-9,12H2,(H,20,22). The molecule has 0 aliphatic carbocycles. The SMILES string of the molecule is O=C(NCc1ccnc(N2CCOCC2)c1)c1cccc(I)c1. The van der Waals surface area contributed by atoms with Crippen LogP contribution in [0.25, 0.3) is 0 Å². The molecule has 1 aromatic carbocycles. The molecule has 6 heteroatoms. The maximum absolute atomic E-state index is 12.2. The molecule has 1 aliphatic rings. The lowest BCUT2D eigenvalue weighted by atomic mass is 10.2. The monoisotopic (exact) mass is 423 g/mol. The number of hydrogen-bond acceptors (Lipinski definition) is 4. The number of rotatable bonds is 4. The average Bonchev–Trinajstić information content (AvgIpc) is 2.61. The third-order valence-electron chi connectivity index (χ3n) is 3.68. The van der Waals surface area contributed by atoms with Crippen LogP contribution in [0, 0.1) is 3.57 Å². The number of anilines is 1. The van der Waals surface area contributed by atoms with Gasteiger partial charge in [0.05, 0.1) is 13.2 Å². The molecule has 1 saturated heterocycles. The fourth-order valence-corrected chi connectivity index (χ4v) is 2.99. The average molecular weight is 423 g/mol. The molecule has 2 aromatic rings. The van der Waals surface area contributed by atoms with Gasteiger partial charge >= 0.3 is 0 Å². The summed E-state index contributed by atoms with van der Waals surface area (Å²) in [5.74, 6) is 0.877. The Morgan fingerprint density at radius 3 is 2.87 bits per heavy atom. The summed E-state index contributed by atoms with van der Waals surface area (Å²) in [6.45, 7) is 3.66. The number of carbonyl (C=O) groups excluding carboxylic acids is 1. The van der Waals surface area contributed by atoms with Crippen molar-refractivity contribution in [1.82, 2.24) is 10.3 Å². The summed E-state index contributed by atoms with van der Waals surface area (Å²) in [5, 5.41) is 2.96. The van der Waals surface area contributed by atoms with Crippen LogP contribution in [0.1, 0.15) is 15.9 Å². The first-order valence-electron chi connectivity index (χ1n) is 7.54. The van der Waals surface area contributed by atoms with Gasteiger partial charge in [0.2, 0.25) is 0 Å². The van der Waals surface area contributed by atoms with Crippen molar-refractivity contribution in [3.8, 4) is 0 Å². The van der Waals surface area contributed by atoms with Crippen molar-refractivity contribution in [2.45, 2.75) is 6.54 Å². The Bertz CT molecular complexity index is 687. The first-order chi connectivity index (χ1) is 11.2. The van der Waals surface area contributed by atoms with Gasteiger partial charge in [-0.3, -0.25) is 4.79 Å². The smallest absolute Gasteiger partial charge is 0.251 e. The Balaban J connectivity index is 1.63. The maximum Gasteiger partial charge on any atom is 0.251 e. The van der Waals surface area contributed by atoms with Crippen LogP contribution >= 0.6 is 22.6 Å². The molecule has 3 rings (SSSR count). The minimum absolute atomic E-state index is 0.0618. The van der Waals surface area contributed by atoms with Crippen molar-refractivity contribution in [3.05, 3.63) is 57.3 Å². The van der Waals surface area contributed by atoms with Gasteiger partial charge in [-0.05, 0) is 58.5 Å². The number of amides is 1. The highest BCUT2D eigenvalue weighted by atomic mass is 127. The number of halogens is 1. The number of aromatic nitrogens is 1. The quantitative estimate of drug-likeness (QED) is 0.768. The second-order valence-electron chi connectivity index (χ2n) is 5.31. The van der Waals surface area contributed by atoms with E-state index >= 15 is 0 Å². The third kappa shape index (κ3) is 4.42. The molecule has 23 heavy (non-hydrogen) atoms. The number of nitrogens with zero attached hydrogens (tertiary/aromatic N) is 2. The highest BCUT2D eigenvalue weighted by Crippen LogP contribution is 2.14. The van der Waals surface area contributed by atoms with Crippen molar-refractivity contribution in [2.75, 3.05) is 31.2 Å². The zero-order valence-corrected chi connectivity index (χ0v) is 14.8. The van der Waals surface area contributed by atoms with Crippen molar-refractivity contribution < 1.29 is 9.53 Å². The summed E-state index contributed by atoms with van der Waals surface area (Å²) in [4.78, 5) is 18.8. The number of hydrogen-bond donors (Lipinski definition) is 1. The van der Waals surface area contributed by atoms with Crippen LogP contribution in [0.3, 0.4) is 0 Å². The fourth-order valence-electron chi connectivity index (χ4n) is 2.45. The van der Waals surface area contributed by atoms with E-state index in [1.165, 1.54) is 0 Å². The zero-order chi connectivity index (χ0) is 16.1. The lowest BCUT2D eigenvalue weighted by molar-refractivity contribution is 0.0951. The molecular weight excluding hydrogens is 405 g/mol. The lowest BCUT2D eigenvalue weighted by Crippen LogP contribution is -2.36. The molecule has 1 aromatic heterocycles. The number of benzene rings is 1. The molecule has 120 valence electrons. The third-order valence-corrected chi connectivity index (χ3v) is 4.36. The van der Waals surface area contributed by atoms with Gasteiger partial charge in [-0.15, -0.1) is 0 Å². The van der Waals surface area contributed by atoms with Gasteiger partial charge in [-0.2, -0.15) is 0 Å². The summed E-state index contributed by atoms with van der Waals surface area (Å²) in [7, 11) is 0. The van der Waals surface area contributed by atoms with Crippen LogP contribution in [-0.2, 0) is 11.3 Å². The minimum atomic E-state index is -0.0618. The molecule has 1 N–H and O–H groups in total. The number of nitrogens with one attached hydrogen (secondary N) is 1. The van der Waals surface area contributed by atoms with E-state index in [1.54, 1.807) is 6.20 Å². The molecule has 0 atom stereocenters. The van der Waals surface area contributed by atoms with Gasteiger partial charge < -0.3 is 15.0 Å². The molecule has 5 nitrogen and oxygen atoms in total. The molecule has 0 saturated carbocycles. The van der Waals surface area contributed by atoms with Crippen molar-refractivity contribution in [3.63, 3.8) is 0 Å². The summed E-state index contributed by atoms with van der Waals surface area (Å²) >= 11 is 2.20. The van der Waals surface area contributed by atoms with Crippen LogP contribution in [0.15, 0.2) is 42.6 Å². The maximum atomic E-state index is 12.2. The number of carbonyl (C=O) groups is 1.